The number of thioether (sulfide) groups is 1. The van der Waals surface area contributed by atoms with Gasteiger partial charge in [0.1, 0.15) is 0 Å². The largest absolute Gasteiger partial charge is 0.312 e. The van der Waals surface area contributed by atoms with Gasteiger partial charge in [0.25, 0.3) is 0 Å². The van der Waals surface area contributed by atoms with Gasteiger partial charge in [-0.15, -0.1) is 11.8 Å². The lowest BCUT2D eigenvalue weighted by molar-refractivity contribution is 0.414. The molecular weight excluding hydrogens is 274 g/mol. The van der Waals surface area contributed by atoms with Gasteiger partial charge in [-0.3, -0.25) is 0 Å². The van der Waals surface area contributed by atoms with Gasteiger partial charge in [0, 0.05) is 16.7 Å². The Bertz CT molecular complexity index is 563. The van der Waals surface area contributed by atoms with E-state index < -0.39 is 0 Å². The van der Waals surface area contributed by atoms with Crippen molar-refractivity contribution < 1.29 is 0 Å². The third-order valence-corrected chi connectivity index (χ3v) is 5.53. The second kappa shape index (κ2) is 7.15. The standard InChI is InChI=1S/C19H23NS/c1-20-19(14-21-16-10-3-2-4-11-16)18-13-6-5-12-17(18)15-8-7-9-15/h2-6,10-13,15,19-20H,7-9,14H2,1H3. The Morgan fingerprint density at radius 1 is 1.05 bits per heavy atom. The van der Waals surface area contributed by atoms with E-state index in [9.17, 15) is 0 Å². The van der Waals surface area contributed by atoms with E-state index in [1.807, 2.05) is 11.8 Å². The number of rotatable bonds is 6. The van der Waals surface area contributed by atoms with Gasteiger partial charge in [-0.05, 0) is 49.1 Å². The molecule has 1 N–H and O–H groups in total. The first-order valence-corrected chi connectivity index (χ1v) is 8.81. The molecule has 1 aliphatic rings. The molecule has 0 amide bonds. The minimum absolute atomic E-state index is 0.423. The van der Waals surface area contributed by atoms with E-state index >= 15 is 0 Å². The maximum absolute atomic E-state index is 3.51. The summed E-state index contributed by atoms with van der Waals surface area (Å²) < 4.78 is 0. The molecule has 0 bridgehead atoms. The highest BCUT2D eigenvalue weighted by molar-refractivity contribution is 7.99. The number of benzene rings is 2. The van der Waals surface area contributed by atoms with Crippen LogP contribution in [-0.4, -0.2) is 12.8 Å². The third kappa shape index (κ3) is 3.50. The molecule has 1 saturated carbocycles. The molecule has 1 aliphatic carbocycles. The summed E-state index contributed by atoms with van der Waals surface area (Å²) in [7, 11) is 2.08. The van der Waals surface area contributed by atoms with Crippen LogP contribution >= 0.6 is 11.8 Å². The second-order valence-electron chi connectivity index (χ2n) is 5.72. The van der Waals surface area contributed by atoms with Crippen molar-refractivity contribution in [2.24, 2.45) is 0 Å². The van der Waals surface area contributed by atoms with Crippen molar-refractivity contribution in [3.05, 3.63) is 65.7 Å². The SMILES string of the molecule is CNC(CSc1ccccc1)c1ccccc1C1CCC1. The maximum Gasteiger partial charge on any atom is 0.0415 e. The van der Waals surface area contributed by atoms with Crippen LogP contribution in [0.2, 0.25) is 0 Å². The van der Waals surface area contributed by atoms with Crippen molar-refractivity contribution in [2.75, 3.05) is 12.8 Å². The Balaban J connectivity index is 1.73. The summed E-state index contributed by atoms with van der Waals surface area (Å²) >= 11 is 1.93. The Kier molecular flexibility index (Phi) is 5.00. The van der Waals surface area contributed by atoms with Gasteiger partial charge < -0.3 is 5.32 Å². The van der Waals surface area contributed by atoms with Crippen LogP contribution < -0.4 is 5.32 Å². The van der Waals surface area contributed by atoms with Crippen LogP contribution in [0.5, 0.6) is 0 Å². The third-order valence-electron chi connectivity index (χ3n) is 4.42. The smallest absolute Gasteiger partial charge is 0.0415 e. The second-order valence-corrected chi connectivity index (χ2v) is 6.82. The monoisotopic (exact) mass is 297 g/mol. The molecule has 0 saturated heterocycles. The van der Waals surface area contributed by atoms with Crippen molar-refractivity contribution in [2.45, 2.75) is 36.1 Å². The topological polar surface area (TPSA) is 12.0 Å². The molecule has 0 aromatic heterocycles. The molecule has 0 spiro atoms. The van der Waals surface area contributed by atoms with E-state index in [0.717, 1.165) is 11.7 Å². The normalized spacial score (nSPS) is 16.4. The highest BCUT2D eigenvalue weighted by atomic mass is 32.2. The summed E-state index contributed by atoms with van der Waals surface area (Å²) in [4.78, 5) is 1.35. The maximum atomic E-state index is 3.51. The summed E-state index contributed by atoms with van der Waals surface area (Å²) in [6.07, 6.45) is 4.11. The molecule has 0 heterocycles. The van der Waals surface area contributed by atoms with Gasteiger partial charge in [-0.25, -0.2) is 0 Å². The van der Waals surface area contributed by atoms with Gasteiger partial charge in [0.2, 0.25) is 0 Å². The Morgan fingerprint density at radius 3 is 2.43 bits per heavy atom. The highest BCUT2D eigenvalue weighted by Crippen LogP contribution is 2.40. The Morgan fingerprint density at radius 2 is 1.76 bits per heavy atom. The lowest BCUT2D eigenvalue weighted by Gasteiger charge is -2.30. The lowest BCUT2D eigenvalue weighted by Crippen LogP contribution is -2.22. The molecule has 110 valence electrons. The zero-order chi connectivity index (χ0) is 14.5. The summed E-state index contributed by atoms with van der Waals surface area (Å²) in [6, 6.07) is 20.1. The fourth-order valence-electron chi connectivity index (χ4n) is 2.94. The molecule has 3 rings (SSSR count). The summed E-state index contributed by atoms with van der Waals surface area (Å²) in [5, 5.41) is 3.51. The van der Waals surface area contributed by atoms with Crippen LogP contribution in [0.4, 0.5) is 0 Å². The van der Waals surface area contributed by atoms with Crippen molar-refractivity contribution in [1.82, 2.24) is 5.32 Å². The minimum Gasteiger partial charge on any atom is -0.312 e. The quantitative estimate of drug-likeness (QED) is 0.752. The van der Waals surface area contributed by atoms with Crippen LogP contribution in [-0.2, 0) is 0 Å². The number of nitrogens with one attached hydrogen (secondary N) is 1. The number of hydrogen-bond donors (Lipinski definition) is 1. The fourth-order valence-corrected chi connectivity index (χ4v) is 4.00. The Labute approximate surface area is 132 Å². The van der Waals surface area contributed by atoms with E-state index in [2.05, 4.69) is 67.0 Å². The summed E-state index contributed by atoms with van der Waals surface area (Å²) in [5.74, 6) is 1.86. The van der Waals surface area contributed by atoms with E-state index in [-0.39, 0.29) is 0 Å². The molecule has 1 atom stereocenters. The fraction of sp³-hybridized carbons (Fsp3) is 0.368. The zero-order valence-corrected chi connectivity index (χ0v) is 13.4. The number of hydrogen-bond acceptors (Lipinski definition) is 2. The molecule has 1 fully saturated rings. The molecule has 2 aromatic carbocycles. The van der Waals surface area contributed by atoms with Crippen molar-refractivity contribution in [1.29, 1.82) is 0 Å². The Hall–Kier alpha value is -1.25. The highest BCUT2D eigenvalue weighted by Gasteiger charge is 2.24. The van der Waals surface area contributed by atoms with E-state index in [1.54, 1.807) is 5.56 Å². The van der Waals surface area contributed by atoms with Gasteiger partial charge in [-0.2, -0.15) is 0 Å². The van der Waals surface area contributed by atoms with Crippen LogP contribution in [0, 0.1) is 0 Å². The molecule has 0 radical (unpaired) electrons. The van der Waals surface area contributed by atoms with Crippen LogP contribution in [0.25, 0.3) is 0 Å². The van der Waals surface area contributed by atoms with Crippen molar-refractivity contribution in [3.8, 4) is 0 Å². The van der Waals surface area contributed by atoms with Gasteiger partial charge in [-0.1, -0.05) is 48.9 Å². The minimum atomic E-state index is 0.423. The zero-order valence-electron chi connectivity index (χ0n) is 12.6. The van der Waals surface area contributed by atoms with Crippen LogP contribution in [0.15, 0.2) is 59.5 Å². The molecule has 1 unspecified atom stereocenters. The average molecular weight is 297 g/mol. The van der Waals surface area contributed by atoms with Crippen LogP contribution in [0.3, 0.4) is 0 Å². The summed E-state index contributed by atoms with van der Waals surface area (Å²) in [5.41, 5.74) is 3.06. The first-order chi connectivity index (χ1) is 10.4. The molecule has 2 heteroatoms. The first-order valence-electron chi connectivity index (χ1n) is 7.82. The molecular formula is C19H23NS. The van der Waals surface area contributed by atoms with Crippen molar-refractivity contribution in [3.63, 3.8) is 0 Å². The van der Waals surface area contributed by atoms with E-state index in [1.165, 1.54) is 29.7 Å². The molecule has 1 nitrogen and oxygen atoms in total. The first kappa shape index (κ1) is 14.7. The van der Waals surface area contributed by atoms with E-state index in [0.29, 0.717) is 6.04 Å². The average Bonchev–Trinajstić information content (AvgIpc) is 2.49. The predicted molar refractivity (Wildman–Crippen MR) is 92.0 cm³/mol. The van der Waals surface area contributed by atoms with E-state index in [4.69, 9.17) is 0 Å². The summed E-state index contributed by atoms with van der Waals surface area (Å²) in [6.45, 7) is 0. The lowest BCUT2D eigenvalue weighted by atomic mass is 9.77. The van der Waals surface area contributed by atoms with Crippen molar-refractivity contribution >= 4 is 11.8 Å². The molecule has 2 aromatic rings. The molecule has 21 heavy (non-hydrogen) atoms. The molecule has 0 aliphatic heterocycles. The van der Waals surface area contributed by atoms with Gasteiger partial charge in [0.05, 0.1) is 0 Å². The van der Waals surface area contributed by atoms with Gasteiger partial charge >= 0.3 is 0 Å². The predicted octanol–water partition coefficient (Wildman–Crippen LogP) is 5.01. The van der Waals surface area contributed by atoms with Crippen LogP contribution in [0.1, 0.15) is 42.3 Å². The van der Waals surface area contributed by atoms with Gasteiger partial charge in [0.15, 0.2) is 0 Å².